The molecule has 2 aromatic rings. The summed E-state index contributed by atoms with van der Waals surface area (Å²) in [6.07, 6.45) is 2.66. The highest BCUT2D eigenvalue weighted by atomic mass is 35.5. The third-order valence-electron chi connectivity index (χ3n) is 3.39. The number of benzene rings is 2. The highest BCUT2D eigenvalue weighted by molar-refractivity contribution is 6.33. The lowest BCUT2D eigenvalue weighted by atomic mass is 10.2. The van der Waals surface area contributed by atoms with Crippen LogP contribution >= 0.6 is 11.6 Å². The van der Waals surface area contributed by atoms with Gasteiger partial charge in [-0.2, -0.15) is 0 Å². The predicted molar refractivity (Wildman–Crippen MR) is 99.6 cm³/mol. The summed E-state index contributed by atoms with van der Waals surface area (Å²) in [6, 6.07) is 8.63. The zero-order valence-corrected chi connectivity index (χ0v) is 15.4. The normalized spacial score (nSPS) is 10.5. The topological polar surface area (TPSA) is 73.9 Å². The Balaban J connectivity index is 1.90. The Hall–Kier alpha value is -3.06. The van der Waals surface area contributed by atoms with E-state index in [1.165, 1.54) is 32.4 Å². The molecule has 0 heterocycles. The summed E-state index contributed by atoms with van der Waals surface area (Å²) in [5, 5.41) is 2.47. The smallest absolute Gasteiger partial charge is 0.331 e. The molecule has 0 bridgehead atoms. The van der Waals surface area contributed by atoms with Crippen LogP contribution in [0.5, 0.6) is 11.5 Å². The molecule has 0 aliphatic heterocycles. The van der Waals surface area contributed by atoms with Crippen molar-refractivity contribution in [2.45, 2.75) is 0 Å². The number of nitrogens with one attached hydrogen (secondary N) is 1. The summed E-state index contributed by atoms with van der Waals surface area (Å²) < 4.78 is 28.1. The molecule has 27 heavy (non-hydrogen) atoms. The average molecular weight is 394 g/mol. The van der Waals surface area contributed by atoms with E-state index in [1.807, 2.05) is 0 Å². The van der Waals surface area contributed by atoms with Crippen molar-refractivity contribution in [1.82, 2.24) is 0 Å². The molecule has 1 amide bonds. The van der Waals surface area contributed by atoms with Crippen LogP contribution < -0.4 is 14.8 Å². The molecule has 6 nitrogen and oxygen atoms in total. The average Bonchev–Trinajstić information content (AvgIpc) is 2.66. The summed E-state index contributed by atoms with van der Waals surface area (Å²) in [4.78, 5) is 23.6. The Labute approximate surface area is 160 Å². The zero-order valence-electron chi connectivity index (χ0n) is 14.6. The number of methoxy groups -OCH3 is 2. The van der Waals surface area contributed by atoms with Crippen LogP contribution in [0.25, 0.3) is 6.08 Å². The van der Waals surface area contributed by atoms with Gasteiger partial charge in [0.1, 0.15) is 17.3 Å². The highest BCUT2D eigenvalue weighted by Gasteiger charge is 2.09. The van der Waals surface area contributed by atoms with Crippen LogP contribution in [0.1, 0.15) is 5.56 Å². The van der Waals surface area contributed by atoms with Gasteiger partial charge in [0.2, 0.25) is 0 Å². The van der Waals surface area contributed by atoms with E-state index in [1.54, 1.807) is 18.2 Å². The molecule has 1 N–H and O–H groups in total. The van der Waals surface area contributed by atoms with E-state index in [2.05, 4.69) is 5.32 Å². The second-order valence-corrected chi connectivity index (χ2v) is 5.63. The number of hydrogen-bond donors (Lipinski definition) is 1. The van der Waals surface area contributed by atoms with Gasteiger partial charge in [0, 0.05) is 17.7 Å². The molecule has 2 rings (SSSR count). The summed E-state index contributed by atoms with van der Waals surface area (Å²) >= 11 is 5.81. The largest absolute Gasteiger partial charge is 0.497 e. The number of carbonyl (C=O) groups excluding carboxylic acids is 2. The van der Waals surface area contributed by atoms with E-state index in [0.717, 1.165) is 12.1 Å². The van der Waals surface area contributed by atoms with Crippen molar-refractivity contribution >= 4 is 35.2 Å². The van der Waals surface area contributed by atoms with Gasteiger partial charge in [-0.25, -0.2) is 9.18 Å². The molecule has 142 valence electrons. The second kappa shape index (κ2) is 9.59. The van der Waals surface area contributed by atoms with Gasteiger partial charge in [0.05, 0.1) is 24.9 Å². The van der Waals surface area contributed by atoms with E-state index in [0.29, 0.717) is 17.1 Å². The lowest BCUT2D eigenvalue weighted by Gasteiger charge is -2.08. The molecule has 0 aromatic heterocycles. The summed E-state index contributed by atoms with van der Waals surface area (Å²) in [6.45, 7) is -0.517. The van der Waals surface area contributed by atoms with Crippen LogP contribution in [0, 0.1) is 5.82 Å². The maximum absolute atomic E-state index is 13.0. The summed E-state index contributed by atoms with van der Waals surface area (Å²) in [5.41, 5.74) is 0.857. The maximum atomic E-state index is 13.0. The fourth-order valence-corrected chi connectivity index (χ4v) is 2.29. The van der Waals surface area contributed by atoms with Crippen LogP contribution in [-0.4, -0.2) is 32.7 Å². The van der Waals surface area contributed by atoms with Crippen molar-refractivity contribution in [3.63, 3.8) is 0 Å². The van der Waals surface area contributed by atoms with Gasteiger partial charge in [-0.1, -0.05) is 11.6 Å². The Bertz CT molecular complexity index is 869. The molecule has 0 unspecified atom stereocenters. The number of ether oxygens (including phenoxy) is 3. The molecule has 0 aliphatic carbocycles. The van der Waals surface area contributed by atoms with E-state index in [9.17, 15) is 14.0 Å². The quantitative estimate of drug-likeness (QED) is 0.573. The number of anilines is 1. The van der Waals surface area contributed by atoms with E-state index in [-0.39, 0.29) is 10.7 Å². The predicted octanol–water partition coefficient (Wildman–Crippen LogP) is 3.69. The van der Waals surface area contributed by atoms with Crippen molar-refractivity contribution in [2.24, 2.45) is 0 Å². The van der Waals surface area contributed by atoms with Crippen LogP contribution in [0.4, 0.5) is 10.1 Å². The van der Waals surface area contributed by atoms with Gasteiger partial charge in [-0.15, -0.1) is 0 Å². The van der Waals surface area contributed by atoms with Crippen molar-refractivity contribution < 1.29 is 28.2 Å². The molecular formula is C19H17ClFNO5. The minimum absolute atomic E-state index is 0.0428. The minimum atomic E-state index is -0.715. The molecule has 8 heteroatoms. The fourth-order valence-electron chi connectivity index (χ4n) is 2.08. The number of hydrogen-bond acceptors (Lipinski definition) is 5. The number of rotatable bonds is 7. The monoisotopic (exact) mass is 393 g/mol. The lowest BCUT2D eigenvalue weighted by Crippen LogP contribution is -2.20. The molecule has 0 spiro atoms. The number of halogens is 2. The van der Waals surface area contributed by atoms with Gasteiger partial charge in [0.15, 0.2) is 6.61 Å². The van der Waals surface area contributed by atoms with Gasteiger partial charge in [-0.3, -0.25) is 4.79 Å². The second-order valence-electron chi connectivity index (χ2n) is 5.22. The SMILES string of the molecule is COc1ccc(C=CC(=O)OCC(=O)Nc2ccc(F)cc2Cl)c(OC)c1. The first-order chi connectivity index (χ1) is 12.9. The molecule has 0 fully saturated rings. The van der Waals surface area contributed by atoms with E-state index < -0.39 is 24.3 Å². The van der Waals surface area contributed by atoms with E-state index in [4.69, 9.17) is 25.8 Å². The van der Waals surface area contributed by atoms with Gasteiger partial charge in [-0.05, 0) is 36.4 Å². The molecule has 2 aromatic carbocycles. The summed E-state index contributed by atoms with van der Waals surface area (Å²) in [7, 11) is 3.03. The third-order valence-corrected chi connectivity index (χ3v) is 3.70. The number of carbonyl (C=O) groups is 2. The highest BCUT2D eigenvalue weighted by Crippen LogP contribution is 2.25. The Morgan fingerprint density at radius 3 is 2.59 bits per heavy atom. The Morgan fingerprint density at radius 1 is 1.15 bits per heavy atom. The van der Waals surface area contributed by atoms with Crippen LogP contribution in [0.2, 0.25) is 5.02 Å². The van der Waals surface area contributed by atoms with E-state index >= 15 is 0 Å². The molecule has 0 saturated heterocycles. The molecule has 0 saturated carbocycles. The first kappa shape index (κ1) is 20.3. The Morgan fingerprint density at radius 2 is 1.93 bits per heavy atom. The van der Waals surface area contributed by atoms with Crippen molar-refractivity contribution in [3.05, 3.63) is 58.9 Å². The van der Waals surface area contributed by atoms with Crippen molar-refractivity contribution in [3.8, 4) is 11.5 Å². The van der Waals surface area contributed by atoms with Gasteiger partial charge in [0.25, 0.3) is 5.91 Å². The van der Waals surface area contributed by atoms with Gasteiger partial charge < -0.3 is 19.5 Å². The lowest BCUT2D eigenvalue weighted by molar-refractivity contribution is -0.142. The number of amides is 1. The van der Waals surface area contributed by atoms with Crippen LogP contribution in [-0.2, 0) is 14.3 Å². The fraction of sp³-hybridized carbons (Fsp3) is 0.158. The molecular weight excluding hydrogens is 377 g/mol. The molecule has 0 atom stereocenters. The first-order valence-electron chi connectivity index (χ1n) is 7.74. The summed E-state index contributed by atoms with van der Waals surface area (Å²) in [5.74, 6) is -0.714. The molecule has 0 aliphatic rings. The third kappa shape index (κ3) is 6.00. The Kier molecular flexibility index (Phi) is 7.19. The number of esters is 1. The standard InChI is InChI=1S/C19H17ClFNO5/c1-25-14-6-3-12(17(10-14)26-2)4-8-19(24)27-11-18(23)22-16-7-5-13(21)9-15(16)20/h3-10H,11H2,1-2H3,(H,22,23). The van der Waals surface area contributed by atoms with Crippen LogP contribution in [0.15, 0.2) is 42.5 Å². The maximum Gasteiger partial charge on any atom is 0.331 e. The van der Waals surface area contributed by atoms with Gasteiger partial charge >= 0.3 is 5.97 Å². The molecule has 0 radical (unpaired) electrons. The van der Waals surface area contributed by atoms with Crippen LogP contribution in [0.3, 0.4) is 0 Å². The minimum Gasteiger partial charge on any atom is -0.497 e. The van der Waals surface area contributed by atoms with Crippen molar-refractivity contribution in [2.75, 3.05) is 26.1 Å². The first-order valence-corrected chi connectivity index (χ1v) is 8.12. The zero-order chi connectivity index (χ0) is 19.8. The van der Waals surface area contributed by atoms with Crippen molar-refractivity contribution in [1.29, 1.82) is 0 Å².